The van der Waals surface area contributed by atoms with E-state index in [-0.39, 0.29) is 11.7 Å². The highest BCUT2D eigenvalue weighted by Crippen LogP contribution is 1.98. The summed E-state index contributed by atoms with van der Waals surface area (Å²) in [5.41, 5.74) is 5.13. The molecule has 0 aromatic carbocycles. The molecule has 1 rings (SSSR count). The minimum Gasteiger partial charge on any atom is -0.459 e. The molecule has 1 amide bonds. The quantitative estimate of drug-likeness (QED) is 0.221. The van der Waals surface area contributed by atoms with Gasteiger partial charge in [0.1, 0.15) is 0 Å². The lowest BCUT2D eigenvalue weighted by Gasteiger charge is -1.98. The molecular weight excluding hydrogens is 160 g/mol. The van der Waals surface area contributed by atoms with Gasteiger partial charge in [0.15, 0.2) is 5.76 Å². The summed E-state index contributed by atoms with van der Waals surface area (Å²) in [6.45, 7) is 0. The van der Waals surface area contributed by atoms with Gasteiger partial charge in [-0.25, -0.2) is 0 Å². The number of hydrogen-bond acceptors (Lipinski definition) is 4. The van der Waals surface area contributed by atoms with Crippen molar-refractivity contribution in [3.05, 3.63) is 24.2 Å². The fourth-order valence-electron chi connectivity index (χ4n) is 0.618. The molecule has 0 atom stereocenters. The van der Waals surface area contributed by atoms with E-state index in [9.17, 15) is 4.79 Å². The lowest BCUT2D eigenvalue weighted by atomic mass is 10.4. The summed E-state index contributed by atoms with van der Waals surface area (Å²) < 4.78 is 4.78. The molecule has 0 fully saturated rings. The third kappa shape index (κ3) is 1.75. The SMILES string of the molecule is NN=C(N)NC(=O)c1ccco1. The van der Waals surface area contributed by atoms with Crippen molar-refractivity contribution in [2.24, 2.45) is 16.7 Å². The minimum atomic E-state index is -0.480. The molecule has 6 heteroatoms. The molecule has 0 saturated heterocycles. The Bertz CT molecular complexity index is 291. The second-order valence-electron chi connectivity index (χ2n) is 1.95. The van der Waals surface area contributed by atoms with Crippen molar-refractivity contribution >= 4 is 11.9 Å². The van der Waals surface area contributed by atoms with E-state index in [2.05, 4.69) is 10.4 Å². The molecule has 0 saturated carbocycles. The summed E-state index contributed by atoms with van der Waals surface area (Å²) in [6.07, 6.45) is 1.38. The van der Waals surface area contributed by atoms with Crippen LogP contribution in [0, 0.1) is 0 Å². The Morgan fingerprint density at radius 2 is 2.42 bits per heavy atom. The molecule has 0 unspecified atom stereocenters. The van der Waals surface area contributed by atoms with E-state index in [4.69, 9.17) is 16.0 Å². The van der Waals surface area contributed by atoms with E-state index in [0.717, 1.165) is 0 Å². The zero-order valence-electron chi connectivity index (χ0n) is 6.15. The first-order valence-corrected chi connectivity index (χ1v) is 3.12. The fourth-order valence-corrected chi connectivity index (χ4v) is 0.618. The summed E-state index contributed by atoms with van der Waals surface area (Å²) in [5, 5.41) is 5.26. The number of furan rings is 1. The van der Waals surface area contributed by atoms with Crippen molar-refractivity contribution in [1.82, 2.24) is 5.32 Å². The third-order valence-electron chi connectivity index (χ3n) is 1.13. The van der Waals surface area contributed by atoms with Gasteiger partial charge in [-0.3, -0.25) is 10.1 Å². The predicted octanol–water partition coefficient (Wildman–Crippen LogP) is -0.802. The summed E-state index contributed by atoms with van der Waals surface area (Å²) in [4.78, 5) is 11.1. The Morgan fingerprint density at radius 3 is 2.92 bits per heavy atom. The summed E-state index contributed by atoms with van der Waals surface area (Å²) in [5.74, 6) is 4.31. The number of hydrogen-bond donors (Lipinski definition) is 3. The average Bonchev–Trinajstić information content (AvgIpc) is 2.56. The number of guanidine groups is 1. The van der Waals surface area contributed by atoms with Gasteiger partial charge in [-0.15, -0.1) is 5.10 Å². The van der Waals surface area contributed by atoms with E-state index in [1.54, 1.807) is 6.07 Å². The Labute approximate surface area is 68.2 Å². The van der Waals surface area contributed by atoms with Crippen LogP contribution in [-0.2, 0) is 0 Å². The number of nitrogens with one attached hydrogen (secondary N) is 1. The van der Waals surface area contributed by atoms with E-state index >= 15 is 0 Å². The first kappa shape index (κ1) is 8.12. The second kappa shape index (κ2) is 3.42. The molecule has 0 radical (unpaired) electrons. The Hall–Kier alpha value is -1.98. The van der Waals surface area contributed by atoms with Crippen molar-refractivity contribution < 1.29 is 9.21 Å². The van der Waals surface area contributed by atoms with E-state index < -0.39 is 5.91 Å². The van der Waals surface area contributed by atoms with Gasteiger partial charge in [0.25, 0.3) is 5.91 Å². The average molecular weight is 168 g/mol. The number of carbonyl (C=O) groups excluding carboxylic acids is 1. The molecule has 1 aromatic rings. The van der Waals surface area contributed by atoms with E-state index in [1.165, 1.54) is 12.3 Å². The van der Waals surface area contributed by atoms with Gasteiger partial charge in [-0.05, 0) is 12.1 Å². The maximum Gasteiger partial charge on any atom is 0.293 e. The smallest absolute Gasteiger partial charge is 0.293 e. The van der Waals surface area contributed by atoms with E-state index in [1.807, 2.05) is 0 Å². The molecule has 0 aliphatic carbocycles. The van der Waals surface area contributed by atoms with Crippen molar-refractivity contribution in [3.63, 3.8) is 0 Å². The summed E-state index contributed by atoms with van der Waals surface area (Å²) in [7, 11) is 0. The molecule has 5 N–H and O–H groups in total. The zero-order valence-corrected chi connectivity index (χ0v) is 6.15. The number of rotatable bonds is 1. The maximum absolute atomic E-state index is 11.1. The monoisotopic (exact) mass is 168 g/mol. The van der Waals surface area contributed by atoms with Gasteiger partial charge in [-0.2, -0.15) is 0 Å². The number of nitrogens with zero attached hydrogens (tertiary/aromatic N) is 1. The molecule has 12 heavy (non-hydrogen) atoms. The highest BCUT2D eigenvalue weighted by molar-refractivity contribution is 6.03. The summed E-state index contributed by atoms with van der Waals surface area (Å²) in [6, 6.07) is 3.09. The molecule has 0 aliphatic rings. The van der Waals surface area contributed by atoms with Gasteiger partial charge in [0, 0.05) is 0 Å². The van der Waals surface area contributed by atoms with Crippen LogP contribution >= 0.6 is 0 Å². The third-order valence-corrected chi connectivity index (χ3v) is 1.13. The topological polar surface area (TPSA) is 107 Å². The summed E-state index contributed by atoms with van der Waals surface area (Å²) >= 11 is 0. The van der Waals surface area contributed by atoms with Crippen LogP contribution in [0.1, 0.15) is 10.6 Å². The van der Waals surface area contributed by atoms with Gasteiger partial charge >= 0.3 is 0 Å². The van der Waals surface area contributed by atoms with Gasteiger partial charge in [0.2, 0.25) is 5.96 Å². The molecule has 1 aromatic heterocycles. The highest BCUT2D eigenvalue weighted by atomic mass is 16.3. The van der Waals surface area contributed by atoms with E-state index in [0.29, 0.717) is 0 Å². The maximum atomic E-state index is 11.1. The van der Waals surface area contributed by atoms with Crippen LogP contribution in [0.2, 0.25) is 0 Å². The van der Waals surface area contributed by atoms with Gasteiger partial charge in [0.05, 0.1) is 6.26 Å². The van der Waals surface area contributed by atoms with Crippen molar-refractivity contribution in [3.8, 4) is 0 Å². The van der Waals surface area contributed by atoms with Crippen LogP contribution < -0.4 is 16.9 Å². The largest absolute Gasteiger partial charge is 0.459 e. The molecule has 0 spiro atoms. The normalized spacial score (nSPS) is 11.2. The molecular formula is C6H8N4O2. The lowest BCUT2D eigenvalue weighted by Crippen LogP contribution is -2.37. The van der Waals surface area contributed by atoms with Crippen LogP contribution in [0.3, 0.4) is 0 Å². The van der Waals surface area contributed by atoms with Crippen LogP contribution in [0.25, 0.3) is 0 Å². The molecule has 1 heterocycles. The lowest BCUT2D eigenvalue weighted by molar-refractivity contribution is 0.0949. The Morgan fingerprint density at radius 1 is 1.67 bits per heavy atom. The van der Waals surface area contributed by atoms with Crippen LogP contribution in [0.4, 0.5) is 0 Å². The van der Waals surface area contributed by atoms with Crippen LogP contribution in [0.15, 0.2) is 27.9 Å². The first-order valence-electron chi connectivity index (χ1n) is 3.12. The Kier molecular flexibility index (Phi) is 2.32. The number of nitrogens with two attached hydrogens (primary N) is 2. The van der Waals surface area contributed by atoms with Gasteiger partial charge < -0.3 is 16.0 Å². The Balaban J connectivity index is 2.62. The van der Waals surface area contributed by atoms with Crippen molar-refractivity contribution in [2.75, 3.05) is 0 Å². The minimum absolute atomic E-state index is 0.154. The fraction of sp³-hybridized carbons (Fsp3) is 0. The number of hydrazone groups is 1. The second-order valence-corrected chi connectivity index (χ2v) is 1.95. The predicted molar refractivity (Wildman–Crippen MR) is 42.0 cm³/mol. The van der Waals surface area contributed by atoms with Crippen molar-refractivity contribution in [1.29, 1.82) is 0 Å². The van der Waals surface area contributed by atoms with Crippen molar-refractivity contribution in [2.45, 2.75) is 0 Å². The number of carbonyl (C=O) groups is 1. The first-order chi connectivity index (χ1) is 5.74. The highest BCUT2D eigenvalue weighted by Gasteiger charge is 2.08. The molecule has 6 nitrogen and oxygen atoms in total. The van der Waals surface area contributed by atoms with Crippen LogP contribution in [-0.4, -0.2) is 11.9 Å². The number of amides is 1. The molecule has 0 bridgehead atoms. The molecule has 64 valence electrons. The zero-order chi connectivity index (χ0) is 8.97. The standard InChI is InChI=1S/C6H8N4O2/c7-6(10-8)9-5(11)4-2-1-3-12-4/h1-3H,8H2,(H3,7,9,10,11). The van der Waals surface area contributed by atoms with Crippen LogP contribution in [0.5, 0.6) is 0 Å². The van der Waals surface area contributed by atoms with Gasteiger partial charge in [-0.1, -0.05) is 0 Å². The molecule has 0 aliphatic heterocycles.